The van der Waals surface area contributed by atoms with Crippen LogP contribution in [0.5, 0.6) is 11.5 Å². The standard InChI is InChI=1S/C22H26N2O3/c1-26-20-12-16-8-10-24-11-9-17(13-19(24)18(16)14-21(20)27-2)23-22(25)15-6-4-3-5-7-15/h3-7,12,14,17,19H,8-11,13H2,1-2H3,(H,23,25). The molecular weight excluding hydrogens is 340 g/mol. The molecule has 5 nitrogen and oxygen atoms in total. The van der Waals surface area contributed by atoms with E-state index in [-0.39, 0.29) is 11.9 Å². The zero-order valence-electron chi connectivity index (χ0n) is 15.9. The Balaban J connectivity index is 1.54. The van der Waals surface area contributed by atoms with Gasteiger partial charge in [-0.05, 0) is 54.7 Å². The van der Waals surface area contributed by atoms with Gasteiger partial charge >= 0.3 is 0 Å². The van der Waals surface area contributed by atoms with Gasteiger partial charge in [0.25, 0.3) is 5.91 Å². The number of hydrogen-bond donors (Lipinski definition) is 1. The van der Waals surface area contributed by atoms with E-state index in [1.54, 1.807) is 14.2 Å². The zero-order chi connectivity index (χ0) is 18.8. The van der Waals surface area contributed by atoms with E-state index in [4.69, 9.17) is 9.47 Å². The molecule has 1 fully saturated rings. The molecule has 5 heteroatoms. The Kier molecular flexibility index (Phi) is 5.03. The minimum absolute atomic E-state index is 0.0115. The highest BCUT2D eigenvalue weighted by molar-refractivity contribution is 5.94. The quantitative estimate of drug-likeness (QED) is 0.903. The van der Waals surface area contributed by atoms with Crippen LogP contribution in [-0.2, 0) is 6.42 Å². The Morgan fingerprint density at radius 1 is 1.07 bits per heavy atom. The summed E-state index contributed by atoms with van der Waals surface area (Å²) in [6.45, 7) is 2.05. The van der Waals surface area contributed by atoms with E-state index in [1.165, 1.54) is 11.1 Å². The van der Waals surface area contributed by atoms with Crippen LogP contribution in [0.2, 0.25) is 0 Å². The predicted octanol–water partition coefficient (Wildman–Crippen LogP) is 3.20. The van der Waals surface area contributed by atoms with Gasteiger partial charge < -0.3 is 14.8 Å². The van der Waals surface area contributed by atoms with Gasteiger partial charge in [0.05, 0.1) is 14.2 Å². The van der Waals surface area contributed by atoms with Crippen LogP contribution in [0.3, 0.4) is 0 Å². The van der Waals surface area contributed by atoms with Crippen LogP contribution in [0.25, 0.3) is 0 Å². The maximum Gasteiger partial charge on any atom is 0.251 e. The third-order valence-corrected chi connectivity index (χ3v) is 5.76. The van der Waals surface area contributed by atoms with Crippen molar-refractivity contribution in [3.63, 3.8) is 0 Å². The lowest BCUT2D eigenvalue weighted by Gasteiger charge is -2.43. The normalized spacial score (nSPS) is 21.7. The molecule has 2 aromatic carbocycles. The van der Waals surface area contributed by atoms with Crippen molar-refractivity contribution in [3.8, 4) is 11.5 Å². The molecule has 0 spiro atoms. The van der Waals surface area contributed by atoms with Crippen LogP contribution >= 0.6 is 0 Å². The summed E-state index contributed by atoms with van der Waals surface area (Å²) in [6, 6.07) is 14.2. The Hall–Kier alpha value is -2.53. The van der Waals surface area contributed by atoms with Crippen LogP contribution < -0.4 is 14.8 Å². The van der Waals surface area contributed by atoms with Gasteiger partial charge in [-0.2, -0.15) is 0 Å². The molecule has 2 atom stereocenters. The molecule has 0 radical (unpaired) electrons. The van der Waals surface area contributed by atoms with E-state index >= 15 is 0 Å². The number of carbonyl (C=O) groups is 1. The molecule has 0 aliphatic carbocycles. The molecule has 2 aliphatic rings. The van der Waals surface area contributed by atoms with Crippen LogP contribution in [0, 0.1) is 0 Å². The van der Waals surface area contributed by atoms with Crippen LogP contribution in [0.4, 0.5) is 0 Å². The van der Waals surface area contributed by atoms with Crippen molar-refractivity contribution in [2.24, 2.45) is 0 Å². The monoisotopic (exact) mass is 366 g/mol. The number of fused-ring (bicyclic) bond motifs is 3. The molecule has 0 aromatic heterocycles. The number of nitrogens with zero attached hydrogens (tertiary/aromatic N) is 1. The minimum atomic E-state index is 0.0115. The van der Waals surface area contributed by atoms with Crippen LogP contribution in [0.1, 0.15) is 40.4 Å². The largest absolute Gasteiger partial charge is 0.493 e. The molecule has 1 N–H and O–H groups in total. The molecule has 27 heavy (non-hydrogen) atoms. The van der Waals surface area contributed by atoms with Gasteiger partial charge in [0.1, 0.15) is 0 Å². The molecule has 0 saturated carbocycles. The second kappa shape index (κ2) is 7.61. The lowest BCUT2D eigenvalue weighted by Crippen LogP contribution is -2.48. The number of rotatable bonds is 4. The third-order valence-electron chi connectivity index (χ3n) is 5.76. The maximum atomic E-state index is 12.5. The Morgan fingerprint density at radius 3 is 2.56 bits per heavy atom. The second-order valence-electron chi connectivity index (χ2n) is 7.27. The number of carbonyl (C=O) groups excluding carboxylic acids is 1. The van der Waals surface area contributed by atoms with Gasteiger partial charge in [-0.3, -0.25) is 9.69 Å². The molecule has 1 amide bonds. The van der Waals surface area contributed by atoms with Crippen molar-refractivity contribution in [1.29, 1.82) is 0 Å². The smallest absolute Gasteiger partial charge is 0.251 e. The Morgan fingerprint density at radius 2 is 1.81 bits per heavy atom. The number of hydrogen-bond acceptors (Lipinski definition) is 4. The summed E-state index contributed by atoms with van der Waals surface area (Å²) in [4.78, 5) is 15.1. The highest BCUT2D eigenvalue weighted by Crippen LogP contribution is 2.41. The van der Waals surface area contributed by atoms with Crippen molar-refractivity contribution in [2.45, 2.75) is 31.3 Å². The number of nitrogens with one attached hydrogen (secondary N) is 1. The van der Waals surface area contributed by atoms with E-state index < -0.39 is 0 Å². The topological polar surface area (TPSA) is 50.8 Å². The first-order valence-electron chi connectivity index (χ1n) is 9.54. The van der Waals surface area contributed by atoms with E-state index in [1.807, 2.05) is 30.3 Å². The fourth-order valence-electron chi connectivity index (χ4n) is 4.32. The molecular formula is C22H26N2O3. The maximum absolute atomic E-state index is 12.5. The Labute approximate surface area is 160 Å². The predicted molar refractivity (Wildman–Crippen MR) is 104 cm³/mol. The van der Waals surface area contributed by atoms with Gasteiger partial charge in [0.2, 0.25) is 0 Å². The van der Waals surface area contributed by atoms with Gasteiger partial charge in [-0.15, -0.1) is 0 Å². The number of methoxy groups -OCH3 is 2. The zero-order valence-corrected chi connectivity index (χ0v) is 15.9. The van der Waals surface area contributed by atoms with E-state index in [0.29, 0.717) is 6.04 Å². The highest BCUT2D eigenvalue weighted by atomic mass is 16.5. The van der Waals surface area contributed by atoms with Gasteiger partial charge in [-0.25, -0.2) is 0 Å². The van der Waals surface area contributed by atoms with E-state index in [2.05, 4.69) is 22.3 Å². The third kappa shape index (κ3) is 3.52. The summed E-state index contributed by atoms with van der Waals surface area (Å²) in [5, 5.41) is 3.23. The summed E-state index contributed by atoms with van der Waals surface area (Å²) in [6.07, 6.45) is 2.92. The van der Waals surface area contributed by atoms with Crippen molar-refractivity contribution in [3.05, 3.63) is 59.2 Å². The number of amides is 1. The molecule has 0 bridgehead atoms. The lowest BCUT2D eigenvalue weighted by molar-refractivity contribution is 0.0843. The van der Waals surface area contributed by atoms with Crippen molar-refractivity contribution >= 4 is 5.91 Å². The number of benzene rings is 2. The lowest BCUT2D eigenvalue weighted by atomic mass is 9.84. The van der Waals surface area contributed by atoms with E-state index in [9.17, 15) is 4.79 Å². The number of piperidine rings is 1. The summed E-state index contributed by atoms with van der Waals surface area (Å²) in [5.41, 5.74) is 3.34. The molecule has 4 rings (SSSR count). The summed E-state index contributed by atoms with van der Waals surface area (Å²) in [7, 11) is 3.35. The van der Waals surface area contributed by atoms with Crippen molar-refractivity contribution < 1.29 is 14.3 Å². The first-order valence-corrected chi connectivity index (χ1v) is 9.54. The van der Waals surface area contributed by atoms with Crippen molar-refractivity contribution in [2.75, 3.05) is 27.3 Å². The molecule has 2 unspecified atom stereocenters. The summed E-state index contributed by atoms with van der Waals surface area (Å²) < 4.78 is 11.0. The summed E-state index contributed by atoms with van der Waals surface area (Å²) in [5.74, 6) is 1.57. The van der Waals surface area contributed by atoms with Crippen LogP contribution in [0.15, 0.2) is 42.5 Å². The molecule has 2 heterocycles. The molecule has 2 aromatic rings. The SMILES string of the molecule is COc1cc2c(cc1OC)C1CC(NC(=O)c3ccccc3)CCN1CC2. The highest BCUT2D eigenvalue weighted by Gasteiger charge is 2.35. The summed E-state index contributed by atoms with van der Waals surface area (Å²) >= 11 is 0. The van der Waals surface area contributed by atoms with E-state index in [0.717, 1.165) is 49.4 Å². The number of ether oxygens (including phenoxy) is 2. The first kappa shape index (κ1) is 17.9. The minimum Gasteiger partial charge on any atom is -0.493 e. The van der Waals surface area contributed by atoms with Crippen LogP contribution in [-0.4, -0.2) is 44.2 Å². The fraction of sp³-hybridized carbons (Fsp3) is 0.409. The first-order chi connectivity index (χ1) is 13.2. The van der Waals surface area contributed by atoms with Crippen molar-refractivity contribution in [1.82, 2.24) is 10.2 Å². The molecule has 142 valence electrons. The average molecular weight is 366 g/mol. The molecule has 1 saturated heterocycles. The fourth-order valence-corrected chi connectivity index (χ4v) is 4.32. The Bertz CT molecular complexity index is 822. The van der Waals surface area contributed by atoms with Gasteiger partial charge in [0.15, 0.2) is 11.5 Å². The van der Waals surface area contributed by atoms with Gasteiger partial charge in [0, 0.05) is 30.7 Å². The second-order valence-corrected chi connectivity index (χ2v) is 7.27. The van der Waals surface area contributed by atoms with Gasteiger partial charge in [-0.1, -0.05) is 18.2 Å². The average Bonchev–Trinajstić information content (AvgIpc) is 2.73. The molecule has 2 aliphatic heterocycles.